The van der Waals surface area contributed by atoms with Crippen molar-refractivity contribution < 1.29 is 0 Å². The van der Waals surface area contributed by atoms with E-state index in [1.54, 1.807) is 0 Å². The molecule has 0 fully saturated rings. The number of hydrogen-bond acceptors (Lipinski definition) is 0. The molecule has 0 aromatic carbocycles. The van der Waals surface area contributed by atoms with Crippen molar-refractivity contribution in [1.82, 2.24) is 0 Å². The second-order valence-corrected chi connectivity index (χ2v) is 15.3. The van der Waals surface area contributed by atoms with Gasteiger partial charge in [-0.25, -0.2) is 0 Å². The van der Waals surface area contributed by atoms with Crippen LogP contribution in [0.1, 0.15) is 152 Å². The summed E-state index contributed by atoms with van der Waals surface area (Å²) in [5.41, 5.74) is -1.07. The molecule has 0 rings (SSSR count). The minimum absolute atomic E-state index is 0.309. The van der Waals surface area contributed by atoms with E-state index in [1.807, 2.05) is 0 Å². The van der Waals surface area contributed by atoms with Crippen LogP contribution in [0, 0.1) is 11.3 Å². The van der Waals surface area contributed by atoms with Crippen LogP contribution in [-0.4, -0.2) is 24.2 Å². The third-order valence-electron chi connectivity index (χ3n) is 5.84. The number of halogens is 10. The van der Waals surface area contributed by atoms with Gasteiger partial charge in [0, 0.05) is 5.92 Å². The van der Waals surface area contributed by atoms with E-state index in [0.717, 1.165) is 0 Å². The predicted octanol–water partition coefficient (Wildman–Crippen LogP) is 16.6. The highest BCUT2D eigenvalue weighted by atomic mass is 35.5. The Hall–Kier alpha value is 2.90. The fraction of sp³-hybridized carbons (Fsp3) is 1.00. The molecular weight excluding hydrogens is 715 g/mol. The molecule has 40 heavy (non-hydrogen) atoms. The third-order valence-corrected chi connectivity index (χ3v) is 9.57. The Morgan fingerprint density at radius 2 is 0.600 bits per heavy atom. The van der Waals surface area contributed by atoms with Gasteiger partial charge < -0.3 is 0 Å². The number of unbranched alkanes of at least 4 members (excludes halogenated alkanes) is 8. The topological polar surface area (TPSA) is 0 Å². The van der Waals surface area contributed by atoms with E-state index in [0.29, 0.717) is 19.3 Å². The lowest BCUT2D eigenvalue weighted by atomic mass is 9.86. The molecule has 0 unspecified atom stereocenters. The van der Waals surface area contributed by atoms with Crippen molar-refractivity contribution in [3.8, 4) is 0 Å². The van der Waals surface area contributed by atoms with Gasteiger partial charge >= 0.3 is 0 Å². The minimum atomic E-state index is -1.07. The van der Waals surface area contributed by atoms with Gasteiger partial charge in [0.1, 0.15) is 24.2 Å². The van der Waals surface area contributed by atoms with Crippen LogP contribution in [0.3, 0.4) is 0 Å². The number of alkyl halides is 10. The molecule has 0 spiro atoms. The van der Waals surface area contributed by atoms with Gasteiger partial charge in [-0.05, 0) is 12.8 Å². The lowest BCUT2D eigenvalue weighted by Crippen LogP contribution is -2.41. The van der Waals surface area contributed by atoms with E-state index < -0.39 is 29.6 Å². The number of hydrogen-bond donors (Lipinski definition) is 0. The van der Waals surface area contributed by atoms with E-state index >= 15 is 0 Å². The molecule has 0 bridgehead atoms. The molecule has 0 aliphatic carbocycles. The summed E-state index contributed by atoms with van der Waals surface area (Å²) in [5.74, 6) is -0.309. The van der Waals surface area contributed by atoms with E-state index in [2.05, 4.69) is 55.4 Å². The number of rotatable bonds is 17. The van der Waals surface area contributed by atoms with Gasteiger partial charge in [-0.15, -0.1) is 116 Å². The van der Waals surface area contributed by atoms with Gasteiger partial charge in [-0.2, -0.15) is 0 Å². The second-order valence-electron chi connectivity index (χ2n) is 9.65. The van der Waals surface area contributed by atoms with E-state index in [4.69, 9.17) is 116 Å². The lowest BCUT2D eigenvalue weighted by molar-refractivity contribution is 0.311. The van der Waals surface area contributed by atoms with Gasteiger partial charge in [0.25, 0.3) is 0 Å². The van der Waals surface area contributed by atoms with Gasteiger partial charge in [0.2, 0.25) is 0 Å². The Labute approximate surface area is 300 Å². The molecule has 0 heterocycles. The molecule has 0 saturated heterocycles. The summed E-state index contributed by atoms with van der Waals surface area (Å²) < 4.78 is 0. The first-order chi connectivity index (χ1) is 18.7. The Balaban J connectivity index is -0.000000164. The quantitative estimate of drug-likeness (QED) is 0.129. The van der Waals surface area contributed by atoms with Gasteiger partial charge in [0.15, 0.2) is 0 Å². The van der Waals surface area contributed by atoms with Gasteiger partial charge in [-0.1, -0.05) is 139 Å². The van der Waals surface area contributed by atoms with E-state index in [-0.39, 0.29) is 5.92 Å². The van der Waals surface area contributed by atoms with Crippen LogP contribution in [0.25, 0.3) is 0 Å². The van der Waals surface area contributed by atoms with Crippen LogP contribution in [0.15, 0.2) is 0 Å². The molecule has 0 atom stereocenters. The summed E-state index contributed by atoms with van der Waals surface area (Å²) in [7, 11) is 0. The molecule has 0 amide bonds. The monoisotopic (exact) mass is 770 g/mol. The summed E-state index contributed by atoms with van der Waals surface area (Å²) >= 11 is 59.0. The first-order valence-corrected chi connectivity index (χ1v) is 19.5. The normalized spacial score (nSPS) is 11.1. The molecule has 0 aromatic rings. The zero-order chi connectivity index (χ0) is 32.6. The summed E-state index contributed by atoms with van der Waals surface area (Å²) in [6.45, 7) is 17.7. The molecule has 0 aromatic heterocycles. The summed E-state index contributed by atoms with van der Waals surface area (Å²) in [5, 5.41) is 0. The van der Waals surface area contributed by atoms with Crippen molar-refractivity contribution in [3.63, 3.8) is 0 Å². The Kier molecular flexibility index (Phi) is 52.3. The van der Waals surface area contributed by atoms with Crippen molar-refractivity contribution in [1.29, 1.82) is 0 Å². The fourth-order valence-electron chi connectivity index (χ4n) is 3.03. The smallest absolute Gasteiger partial charge is 0.105 e. The molecule has 250 valence electrons. The van der Waals surface area contributed by atoms with Crippen LogP contribution in [0.2, 0.25) is 0 Å². The van der Waals surface area contributed by atoms with E-state index in [1.165, 1.54) is 77.0 Å². The Morgan fingerprint density at radius 3 is 0.725 bits per heavy atom. The second kappa shape index (κ2) is 39.9. The molecule has 0 aliphatic heterocycles. The molecule has 0 saturated carbocycles. The predicted molar refractivity (Wildman–Crippen MR) is 198 cm³/mol. The zero-order valence-electron chi connectivity index (χ0n) is 26.4. The Bertz CT molecular complexity index is 371. The molecule has 0 nitrogen and oxygen atoms in total. The van der Waals surface area contributed by atoms with Crippen molar-refractivity contribution in [2.75, 3.05) is 0 Å². The average Bonchev–Trinajstić information content (AvgIpc) is 2.86. The molecule has 0 N–H and O–H groups in total. The highest BCUT2D eigenvalue weighted by Gasteiger charge is 2.48. The minimum Gasteiger partial charge on any atom is -0.105 e. The molecular formula is C30H60Cl10. The van der Waals surface area contributed by atoms with Crippen molar-refractivity contribution in [2.24, 2.45) is 11.3 Å². The summed E-state index contributed by atoms with van der Waals surface area (Å²) in [6.07, 6.45) is 17.8. The summed E-state index contributed by atoms with van der Waals surface area (Å²) in [4.78, 5) is -4.21. The average molecular weight is 775 g/mol. The van der Waals surface area contributed by atoms with Gasteiger partial charge in [0.05, 0.1) is 5.41 Å². The Morgan fingerprint density at radius 1 is 0.375 bits per heavy atom. The first kappa shape index (κ1) is 52.4. The maximum atomic E-state index is 5.95. The molecule has 10 heteroatoms. The van der Waals surface area contributed by atoms with Crippen LogP contribution in [-0.2, 0) is 0 Å². The van der Waals surface area contributed by atoms with Crippen molar-refractivity contribution in [3.05, 3.63) is 0 Å². The zero-order valence-corrected chi connectivity index (χ0v) is 33.9. The largest absolute Gasteiger partial charge is 0.118 e. The third kappa shape index (κ3) is 33.8. The highest BCUT2D eigenvalue weighted by molar-refractivity contribution is 6.53. The van der Waals surface area contributed by atoms with Crippen LogP contribution in [0.4, 0.5) is 0 Å². The maximum Gasteiger partial charge on any atom is 0.118 e. The highest BCUT2D eigenvalue weighted by Crippen LogP contribution is 2.49. The van der Waals surface area contributed by atoms with E-state index in [9.17, 15) is 0 Å². The summed E-state index contributed by atoms with van der Waals surface area (Å²) in [6, 6.07) is 0. The first-order valence-electron chi connectivity index (χ1n) is 15.1. The van der Waals surface area contributed by atoms with Crippen molar-refractivity contribution in [2.45, 2.75) is 176 Å². The molecule has 0 aliphatic rings. The van der Waals surface area contributed by atoms with Crippen molar-refractivity contribution >= 4 is 116 Å². The maximum absolute atomic E-state index is 5.95. The molecule has 0 radical (unpaired) electrons. The fourth-order valence-corrected chi connectivity index (χ4v) is 7.36. The lowest BCUT2D eigenvalue weighted by Gasteiger charge is -2.37. The van der Waals surface area contributed by atoms with Crippen LogP contribution in [0.5, 0.6) is 0 Å². The van der Waals surface area contributed by atoms with Crippen LogP contribution < -0.4 is 0 Å². The van der Waals surface area contributed by atoms with Gasteiger partial charge in [-0.3, -0.25) is 0 Å². The standard InChI is InChI=1S/C10H12Cl10.4C5H12/c11-5(12)4(6(13)14)2-1-3-10(7(15)16,8(17)18)9(19)20;4*1-3-5-4-2/h4-9H,1-3H2;4*3-5H2,1-2H3. The SMILES string of the molecule is CCCCC.CCCCC.CCCCC.CCCCC.ClC(Cl)C(CCCC(C(Cl)Cl)(C(Cl)Cl)C(Cl)Cl)C(Cl)Cl. The van der Waals surface area contributed by atoms with Crippen LogP contribution >= 0.6 is 116 Å².